The summed E-state index contributed by atoms with van der Waals surface area (Å²) in [6.45, 7) is 4.36. The molecule has 0 aromatic carbocycles. The van der Waals surface area contributed by atoms with Gasteiger partial charge in [0, 0.05) is 12.8 Å². The Kier molecular flexibility index (Phi) is 73.7. The molecule has 2 unspecified atom stereocenters. The second-order valence-corrected chi connectivity index (χ2v) is 30.2. The van der Waals surface area contributed by atoms with Gasteiger partial charge in [-0.1, -0.05) is 374 Å². The molecule has 0 aromatic heterocycles. The van der Waals surface area contributed by atoms with E-state index in [9.17, 15) is 19.0 Å². The number of phosphoric ester groups is 1. The summed E-state index contributed by atoms with van der Waals surface area (Å²) in [7, 11) is 1.49. The SMILES string of the molecule is CC/C=C\C/C=C\C/C=C\C/C=C\C/C=C\C/C=C\CCCCCCCCCCCCCCCCCCC(=O)OC(COC(=O)CCCCCCCCCCCCCCCCCCCCCCCCCCC/C=C\C/C=C\CCCCCCC)COP(=O)(O)OCC[N+](C)(C)C. The number of carbonyl (C=O) groups is 2. The molecule has 0 fully saturated rings. The zero-order valence-electron chi connectivity index (χ0n) is 63.9. The summed E-state index contributed by atoms with van der Waals surface area (Å²) in [5.41, 5.74) is 0. The number of carbonyl (C=O) groups excluding carboxylic acids is 2. The van der Waals surface area contributed by atoms with E-state index in [4.69, 9.17) is 18.5 Å². The first kappa shape index (κ1) is 92.9. The number of nitrogens with zero attached hydrogens (tertiary/aromatic N) is 1. The molecule has 0 aromatic rings. The molecule has 2 atom stereocenters. The number of unbranched alkanes of at least 4 members (excludes halogenated alkanes) is 46. The molecule has 0 saturated carbocycles. The highest BCUT2D eigenvalue weighted by Gasteiger charge is 2.27. The Morgan fingerprint density at radius 1 is 0.333 bits per heavy atom. The number of phosphoric acid groups is 1. The van der Waals surface area contributed by atoms with Crippen LogP contribution in [0.4, 0.5) is 0 Å². The number of hydrogen-bond donors (Lipinski definition) is 1. The van der Waals surface area contributed by atoms with Crippen molar-refractivity contribution < 1.29 is 42.1 Å². The highest BCUT2D eigenvalue weighted by Crippen LogP contribution is 2.43. The Hall–Kier alpha value is -3.07. The molecule has 1 N–H and O–H groups in total. The minimum absolute atomic E-state index is 0.0314. The van der Waals surface area contributed by atoms with Gasteiger partial charge >= 0.3 is 19.8 Å². The number of hydrogen-bond acceptors (Lipinski definition) is 7. The van der Waals surface area contributed by atoms with Crippen LogP contribution in [0.15, 0.2) is 97.2 Å². The maximum absolute atomic E-state index is 12.9. The molecular weight excluding hydrogens is 1210 g/mol. The molecular formula is C86H157NO8P+. The van der Waals surface area contributed by atoms with Gasteiger partial charge in [0.05, 0.1) is 27.7 Å². The van der Waals surface area contributed by atoms with Gasteiger partial charge < -0.3 is 18.9 Å². The number of esters is 2. The quantitative estimate of drug-likeness (QED) is 0.0211. The van der Waals surface area contributed by atoms with Gasteiger partial charge in [-0.25, -0.2) is 4.57 Å². The zero-order valence-corrected chi connectivity index (χ0v) is 64.7. The summed E-state index contributed by atoms with van der Waals surface area (Å²) in [5.74, 6) is -0.780. The van der Waals surface area contributed by atoms with Crippen LogP contribution in [0.2, 0.25) is 0 Å². The van der Waals surface area contributed by atoms with Crippen molar-refractivity contribution in [2.24, 2.45) is 0 Å². The monoisotopic (exact) mass is 1360 g/mol. The maximum atomic E-state index is 12.9. The van der Waals surface area contributed by atoms with E-state index in [2.05, 4.69) is 111 Å². The van der Waals surface area contributed by atoms with Crippen molar-refractivity contribution in [1.82, 2.24) is 0 Å². The van der Waals surface area contributed by atoms with E-state index in [-0.39, 0.29) is 25.6 Å². The van der Waals surface area contributed by atoms with E-state index in [1.54, 1.807) is 0 Å². The molecule has 0 saturated heterocycles. The summed E-state index contributed by atoms with van der Waals surface area (Å²) in [6.07, 6.45) is 107. The van der Waals surface area contributed by atoms with Crippen LogP contribution in [0.1, 0.15) is 386 Å². The summed E-state index contributed by atoms with van der Waals surface area (Å²) < 4.78 is 34.8. The first-order valence-electron chi connectivity index (χ1n) is 41.0. The Morgan fingerprint density at radius 2 is 0.594 bits per heavy atom. The minimum atomic E-state index is -4.40. The second kappa shape index (κ2) is 76.1. The minimum Gasteiger partial charge on any atom is -0.462 e. The van der Waals surface area contributed by atoms with Crippen LogP contribution in [0.5, 0.6) is 0 Å². The van der Waals surface area contributed by atoms with Crippen molar-refractivity contribution in [3.05, 3.63) is 97.2 Å². The van der Waals surface area contributed by atoms with Gasteiger partial charge in [0.2, 0.25) is 0 Å². The molecule has 10 heteroatoms. The highest BCUT2D eigenvalue weighted by molar-refractivity contribution is 7.47. The van der Waals surface area contributed by atoms with E-state index in [0.29, 0.717) is 23.9 Å². The lowest BCUT2D eigenvalue weighted by Crippen LogP contribution is -2.37. The molecule has 0 radical (unpaired) electrons. The number of likely N-dealkylation sites (N-methyl/N-ethyl adjacent to an activating group) is 1. The van der Waals surface area contributed by atoms with Crippen molar-refractivity contribution in [3.8, 4) is 0 Å². The van der Waals surface area contributed by atoms with E-state index < -0.39 is 26.5 Å². The predicted octanol–water partition coefficient (Wildman–Crippen LogP) is 27.4. The third kappa shape index (κ3) is 79.9. The molecule has 0 aliphatic carbocycles. The van der Waals surface area contributed by atoms with E-state index in [1.807, 2.05) is 21.1 Å². The summed E-state index contributed by atoms with van der Waals surface area (Å²) in [6, 6.07) is 0. The molecule has 0 amide bonds. The van der Waals surface area contributed by atoms with Gasteiger partial charge in [0.1, 0.15) is 19.8 Å². The van der Waals surface area contributed by atoms with Crippen LogP contribution < -0.4 is 0 Å². The van der Waals surface area contributed by atoms with Crippen molar-refractivity contribution in [1.29, 1.82) is 0 Å². The summed E-state index contributed by atoms with van der Waals surface area (Å²) >= 11 is 0. The molecule has 9 nitrogen and oxygen atoms in total. The van der Waals surface area contributed by atoms with Crippen molar-refractivity contribution in [2.45, 2.75) is 392 Å². The third-order valence-electron chi connectivity index (χ3n) is 18.1. The number of quaternary nitrogens is 1. The van der Waals surface area contributed by atoms with Gasteiger partial charge in [-0.05, 0) is 96.3 Å². The summed E-state index contributed by atoms with van der Waals surface area (Å²) in [5, 5.41) is 0. The van der Waals surface area contributed by atoms with Crippen LogP contribution in [0.3, 0.4) is 0 Å². The molecule has 0 aliphatic rings. The molecule has 0 heterocycles. The lowest BCUT2D eigenvalue weighted by atomic mass is 10.0. The van der Waals surface area contributed by atoms with Crippen molar-refractivity contribution >= 4 is 19.8 Å². The van der Waals surface area contributed by atoms with Crippen LogP contribution in [-0.2, 0) is 32.7 Å². The number of allylic oxidation sites excluding steroid dienone is 16. The molecule has 0 bridgehead atoms. The van der Waals surface area contributed by atoms with Crippen LogP contribution >= 0.6 is 7.82 Å². The predicted molar refractivity (Wildman–Crippen MR) is 418 cm³/mol. The lowest BCUT2D eigenvalue weighted by molar-refractivity contribution is -0.870. The normalized spacial score (nSPS) is 13.5. The number of rotatable bonds is 76. The topological polar surface area (TPSA) is 108 Å². The van der Waals surface area contributed by atoms with Gasteiger partial charge in [-0.3, -0.25) is 18.6 Å². The van der Waals surface area contributed by atoms with E-state index in [0.717, 1.165) is 77.0 Å². The largest absolute Gasteiger partial charge is 0.472 e. The van der Waals surface area contributed by atoms with Crippen molar-refractivity contribution in [3.63, 3.8) is 0 Å². The molecule has 96 heavy (non-hydrogen) atoms. The molecule has 558 valence electrons. The van der Waals surface area contributed by atoms with Gasteiger partial charge in [0.25, 0.3) is 0 Å². The fourth-order valence-corrected chi connectivity index (χ4v) is 12.6. The van der Waals surface area contributed by atoms with Crippen LogP contribution in [-0.4, -0.2) is 74.9 Å². The average Bonchev–Trinajstić information content (AvgIpc) is 2.74. The fraction of sp³-hybridized carbons (Fsp3) is 0.791. The van der Waals surface area contributed by atoms with E-state index >= 15 is 0 Å². The summed E-state index contributed by atoms with van der Waals surface area (Å²) in [4.78, 5) is 36.0. The Balaban J connectivity index is 3.93. The standard InChI is InChI=1S/C86H156NO8P/c1-6-8-10-12-14-16-18-20-22-24-26-28-30-32-34-36-38-40-42-43-45-46-48-50-52-54-56-58-60-62-64-66-68-70-72-74-76-78-85(88)92-82-84(83-94-96(90,91)93-81-80-87(3,4)5)95-86(89)79-77-75-73-71-69-67-65-63-61-59-57-55-53-51-49-47-44-41-39-37-35-33-31-29-27-25-23-21-19-17-15-13-11-9-7-2/h9,11,15,17-18,20-21,23-24,26-27,29,33,35,39,41,84H,6-8,10,12-14,16,19,22,25,28,30-32,34,36-38,40,42-83H2,1-5H3/p+1/b11-9-,17-15-,20-18-,23-21-,26-24-,29-27-,35-33-,41-39-. The lowest BCUT2D eigenvalue weighted by Gasteiger charge is -2.24. The Bertz CT molecular complexity index is 1940. The second-order valence-electron chi connectivity index (χ2n) is 28.8. The average molecular weight is 1360 g/mol. The highest BCUT2D eigenvalue weighted by atomic mass is 31.2. The van der Waals surface area contributed by atoms with Gasteiger partial charge in [-0.2, -0.15) is 0 Å². The van der Waals surface area contributed by atoms with Crippen molar-refractivity contribution in [2.75, 3.05) is 47.5 Å². The molecule has 0 spiro atoms. The maximum Gasteiger partial charge on any atom is 0.472 e. The Morgan fingerprint density at radius 3 is 0.885 bits per heavy atom. The molecule has 0 rings (SSSR count). The number of ether oxygens (including phenoxy) is 2. The molecule has 0 aliphatic heterocycles. The van der Waals surface area contributed by atoms with E-state index in [1.165, 1.54) is 276 Å². The first-order chi connectivity index (χ1) is 47.0. The van der Waals surface area contributed by atoms with Crippen LogP contribution in [0.25, 0.3) is 0 Å². The third-order valence-corrected chi connectivity index (χ3v) is 19.1. The first-order valence-corrected chi connectivity index (χ1v) is 42.5. The smallest absolute Gasteiger partial charge is 0.462 e. The van der Waals surface area contributed by atoms with Crippen LogP contribution in [0, 0.1) is 0 Å². The van der Waals surface area contributed by atoms with Gasteiger partial charge in [0.15, 0.2) is 6.10 Å². The Labute approximate surface area is 595 Å². The fourth-order valence-electron chi connectivity index (χ4n) is 11.9. The van der Waals surface area contributed by atoms with Gasteiger partial charge in [-0.15, -0.1) is 0 Å². The zero-order chi connectivity index (χ0) is 69.7.